The second kappa shape index (κ2) is 10.1. The molecule has 12 nitrogen and oxygen atoms in total. The molecule has 6 rings (SSSR count). The fourth-order valence-corrected chi connectivity index (χ4v) is 5.25. The Bertz CT molecular complexity index is 1620. The number of nitrogens with zero attached hydrogens (tertiary/aromatic N) is 4. The first-order valence-corrected chi connectivity index (χ1v) is 12.9. The molecule has 3 aromatic rings. The van der Waals surface area contributed by atoms with E-state index in [1.165, 1.54) is 37.2 Å². The first-order chi connectivity index (χ1) is 19.3. The lowest BCUT2D eigenvalue weighted by Crippen LogP contribution is -2.50. The normalized spacial score (nSPS) is 21.1. The number of hydrogen-bond acceptors (Lipinski definition) is 8. The fraction of sp³-hybridized carbons (Fsp3) is 0.407. The number of alkyl halides is 1. The van der Waals surface area contributed by atoms with E-state index < -0.39 is 58.3 Å². The van der Waals surface area contributed by atoms with Gasteiger partial charge in [-0.2, -0.15) is 0 Å². The molecule has 14 heteroatoms. The Balaban J connectivity index is 1.49. The largest absolute Gasteiger partial charge is 0.501 e. The van der Waals surface area contributed by atoms with Gasteiger partial charge in [0.15, 0.2) is 11.4 Å². The van der Waals surface area contributed by atoms with E-state index in [1.54, 1.807) is 13.0 Å². The van der Waals surface area contributed by atoms with Gasteiger partial charge in [-0.3, -0.25) is 23.7 Å². The molecule has 216 valence electrons. The summed E-state index contributed by atoms with van der Waals surface area (Å²) in [6.07, 6.45) is 0.0460. The van der Waals surface area contributed by atoms with Gasteiger partial charge in [-0.15, -0.1) is 0 Å². The van der Waals surface area contributed by atoms with Crippen molar-refractivity contribution in [1.82, 2.24) is 30.2 Å². The summed E-state index contributed by atoms with van der Waals surface area (Å²) in [6.45, 7) is 1.11. The smallest absolute Gasteiger partial charge is 0.296 e. The topological polar surface area (TPSA) is 160 Å². The summed E-state index contributed by atoms with van der Waals surface area (Å²) in [7, 11) is 3.01. The molecule has 1 fully saturated rings. The van der Waals surface area contributed by atoms with E-state index in [9.17, 15) is 28.7 Å². The van der Waals surface area contributed by atoms with Crippen molar-refractivity contribution in [3.8, 4) is 5.75 Å². The number of hydrogen-bond donors (Lipinski definition) is 3. The van der Waals surface area contributed by atoms with Crippen molar-refractivity contribution in [1.29, 1.82) is 0 Å². The standard InChI is InChI=1S/C27H28F2N6O6/c1-14-10-15(4-5-16(14)28)12-30-22(38)19-20(36)24(40)35-13-26(29)6-8-27(9-7-26,25(35)31-19)32-21(37)17-11-18(41-33-17)23(39)34(2)3/h4-5,10-11,36H,6-9,12-13H2,1-3H3,(H,30,38)(H,32,37). The number of carbonyl (C=O) groups excluding carboxylic acids is 3. The minimum Gasteiger partial charge on any atom is -0.501 e. The van der Waals surface area contributed by atoms with Crippen molar-refractivity contribution in [2.45, 2.75) is 56.9 Å². The summed E-state index contributed by atoms with van der Waals surface area (Å²) in [5, 5.41) is 19.7. The van der Waals surface area contributed by atoms with E-state index in [0.29, 0.717) is 11.1 Å². The van der Waals surface area contributed by atoms with Crippen LogP contribution in [-0.4, -0.2) is 62.2 Å². The number of aromatic nitrogens is 3. The molecule has 2 aliphatic heterocycles. The average Bonchev–Trinajstić information content (AvgIpc) is 3.35. The number of carbonyl (C=O) groups is 3. The summed E-state index contributed by atoms with van der Waals surface area (Å²) < 4.78 is 35.2. The van der Waals surface area contributed by atoms with E-state index in [4.69, 9.17) is 4.52 Å². The van der Waals surface area contributed by atoms with Crippen molar-refractivity contribution in [3.63, 3.8) is 0 Å². The molecule has 3 N–H and O–H groups in total. The van der Waals surface area contributed by atoms with Crippen LogP contribution < -0.4 is 16.2 Å². The van der Waals surface area contributed by atoms with Gasteiger partial charge >= 0.3 is 0 Å². The zero-order chi connectivity index (χ0) is 29.7. The molecule has 0 atom stereocenters. The van der Waals surface area contributed by atoms with Crippen LogP contribution in [0.3, 0.4) is 0 Å². The van der Waals surface area contributed by atoms with E-state index >= 15 is 4.39 Å². The summed E-state index contributed by atoms with van der Waals surface area (Å²) >= 11 is 0. The Morgan fingerprint density at radius 3 is 2.51 bits per heavy atom. The number of aryl methyl sites for hydroxylation is 1. The monoisotopic (exact) mass is 570 g/mol. The van der Waals surface area contributed by atoms with Crippen molar-refractivity contribution in [2.24, 2.45) is 0 Å². The molecule has 2 aromatic heterocycles. The molecular formula is C27H28F2N6O6. The summed E-state index contributed by atoms with van der Waals surface area (Å²) in [4.78, 5) is 57.3. The average molecular weight is 571 g/mol. The molecule has 2 bridgehead atoms. The highest BCUT2D eigenvalue weighted by molar-refractivity contribution is 5.97. The third-order valence-corrected chi connectivity index (χ3v) is 7.62. The van der Waals surface area contributed by atoms with Gasteiger partial charge < -0.3 is 25.2 Å². The first kappa shape index (κ1) is 27.9. The second-order valence-electron chi connectivity index (χ2n) is 10.8. The predicted molar refractivity (Wildman–Crippen MR) is 138 cm³/mol. The zero-order valence-electron chi connectivity index (χ0n) is 22.6. The van der Waals surface area contributed by atoms with Gasteiger partial charge in [-0.05, 0) is 49.8 Å². The van der Waals surface area contributed by atoms with E-state index in [0.717, 1.165) is 4.57 Å². The van der Waals surface area contributed by atoms with Crippen LogP contribution in [-0.2, 0) is 18.6 Å². The Kier molecular flexibility index (Phi) is 6.87. The lowest BCUT2D eigenvalue weighted by atomic mass is 9.76. The molecule has 3 aliphatic rings. The van der Waals surface area contributed by atoms with Crippen LogP contribution in [0.5, 0.6) is 5.75 Å². The maximum atomic E-state index is 15.7. The quantitative estimate of drug-likeness (QED) is 0.405. The van der Waals surface area contributed by atoms with Gasteiger partial charge in [0.05, 0.1) is 12.1 Å². The molecule has 0 saturated heterocycles. The van der Waals surface area contributed by atoms with Crippen LogP contribution in [0, 0.1) is 12.7 Å². The Labute approximate surface area is 232 Å². The van der Waals surface area contributed by atoms with Crippen molar-refractivity contribution in [2.75, 3.05) is 14.1 Å². The molecule has 4 heterocycles. The minimum atomic E-state index is -1.79. The molecule has 3 amide bonds. The van der Waals surface area contributed by atoms with Crippen molar-refractivity contribution in [3.05, 3.63) is 74.5 Å². The highest BCUT2D eigenvalue weighted by Crippen LogP contribution is 2.46. The number of rotatable bonds is 6. The van der Waals surface area contributed by atoms with Crippen LogP contribution >= 0.6 is 0 Å². The molecule has 0 unspecified atom stereocenters. The highest BCUT2D eigenvalue weighted by atomic mass is 19.1. The van der Waals surface area contributed by atoms with Crippen LogP contribution in [0.15, 0.2) is 33.6 Å². The van der Waals surface area contributed by atoms with Gasteiger partial charge in [0.1, 0.15) is 17.3 Å². The number of halogens is 2. The minimum absolute atomic E-state index is 0.0224. The number of aromatic hydroxyl groups is 1. The Morgan fingerprint density at radius 1 is 1.15 bits per heavy atom. The maximum absolute atomic E-state index is 15.7. The SMILES string of the molecule is Cc1cc(CNC(=O)c2nc3n(c(=O)c2O)CC2(F)CCC3(NC(=O)c3cc(C(=O)N(C)C)on3)CC2)ccc1F. The van der Waals surface area contributed by atoms with Gasteiger partial charge in [0.25, 0.3) is 23.3 Å². The Hall–Kier alpha value is -4.62. The molecule has 1 aliphatic carbocycles. The summed E-state index contributed by atoms with van der Waals surface area (Å²) in [5.74, 6) is -3.77. The number of fused-ring (bicyclic) bond motifs is 2. The van der Waals surface area contributed by atoms with Gasteiger partial charge in [-0.1, -0.05) is 17.3 Å². The lowest BCUT2D eigenvalue weighted by Gasteiger charge is -2.38. The third kappa shape index (κ3) is 5.05. The van der Waals surface area contributed by atoms with Crippen LogP contribution in [0.25, 0.3) is 0 Å². The highest BCUT2D eigenvalue weighted by Gasteiger charge is 2.52. The van der Waals surface area contributed by atoms with E-state index in [2.05, 4.69) is 20.8 Å². The van der Waals surface area contributed by atoms with Gasteiger partial charge in [0, 0.05) is 26.7 Å². The van der Waals surface area contributed by atoms with Crippen molar-refractivity contribution >= 4 is 17.7 Å². The lowest BCUT2D eigenvalue weighted by molar-refractivity contribution is 0.0558. The van der Waals surface area contributed by atoms with E-state index in [1.807, 2.05) is 0 Å². The zero-order valence-corrected chi connectivity index (χ0v) is 22.6. The number of amides is 3. The molecule has 1 aromatic carbocycles. The molecule has 0 radical (unpaired) electrons. The fourth-order valence-electron chi connectivity index (χ4n) is 5.25. The van der Waals surface area contributed by atoms with Gasteiger partial charge in [-0.25, -0.2) is 13.8 Å². The summed E-state index contributed by atoms with van der Waals surface area (Å²) in [5.41, 5.74) is -4.06. The molecule has 41 heavy (non-hydrogen) atoms. The number of benzene rings is 1. The maximum Gasteiger partial charge on any atom is 0.296 e. The van der Waals surface area contributed by atoms with Crippen LogP contribution in [0.4, 0.5) is 8.78 Å². The number of nitrogens with one attached hydrogen (secondary N) is 2. The Morgan fingerprint density at radius 2 is 1.85 bits per heavy atom. The van der Waals surface area contributed by atoms with Gasteiger partial charge in [0.2, 0.25) is 11.5 Å². The first-order valence-electron chi connectivity index (χ1n) is 12.9. The molecule has 0 spiro atoms. The van der Waals surface area contributed by atoms with Crippen LogP contribution in [0.2, 0.25) is 0 Å². The van der Waals surface area contributed by atoms with Crippen LogP contribution in [0.1, 0.15) is 74.2 Å². The predicted octanol–water partition coefficient (Wildman–Crippen LogP) is 1.94. The molecule has 1 saturated carbocycles. The molecular weight excluding hydrogens is 542 g/mol. The second-order valence-corrected chi connectivity index (χ2v) is 10.8. The van der Waals surface area contributed by atoms with E-state index in [-0.39, 0.29) is 49.5 Å². The third-order valence-electron chi connectivity index (χ3n) is 7.62. The summed E-state index contributed by atoms with van der Waals surface area (Å²) in [6, 6.07) is 5.44. The van der Waals surface area contributed by atoms with Crippen molar-refractivity contribution < 1.29 is 32.8 Å².